The van der Waals surface area contributed by atoms with E-state index in [-0.39, 0.29) is 0 Å². The third-order valence-corrected chi connectivity index (χ3v) is 13.8. The van der Waals surface area contributed by atoms with Crippen molar-refractivity contribution >= 4 is 39.0 Å². The molecule has 3 aliphatic rings. The lowest BCUT2D eigenvalue weighted by molar-refractivity contribution is 0.361. The first-order valence-electron chi connectivity index (χ1n) is 22.2. The Bertz CT molecular complexity index is 3690. The second-order valence-corrected chi connectivity index (χ2v) is 17.1. The van der Waals surface area contributed by atoms with Gasteiger partial charge in [0, 0.05) is 27.7 Å². The van der Waals surface area contributed by atoms with Gasteiger partial charge in [-0.2, -0.15) is 0 Å². The van der Waals surface area contributed by atoms with E-state index in [0.717, 1.165) is 78.1 Å². The Morgan fingerprint density at radius 3 is 1.72 bits per heavy atom. The molecule has 1 aromatic heterocycles. The second kappa shape index (κ2) is 13.7. The van der Waals surface area contributed by atoms with E-state index < -0.39 is 5.41 Å². The normalized spacial score (nSPS) is 13.3. The van der Waals surface area contributed by atoms with Crippen LogP contribution in [0.15, 0.2) is 229 Å². The molecule has 65 heavy (non-hydrogen) atoms. The predicted octanol–water partition coefficient (Wildman–Crippen LogP) is 16.6. The summed E-state index contributed by atoms with van der Waals surface area (Å²) in [4.78, 5) is 2.27. The van der Waals surface area contributed by atoms with Crippen LogP contribution in [0.5, 0.6) is 23.0 Å². The van der Waals surface area contributed by atoms with Gasteiger partial charge >= 0.3 is 0 Å². The first kappa shape index (κ1) is 35.9. The molecule has 0 N–H and O–H groups in total. The Hall–Kier alpha value is -8.60. The van der Waals surface area contributed by atoms with Crippen LogP contribution in [-0.4, -0.2) is 0 Å². The van der Waals surface area contributed by atoms with E-state index in [1.807, 2.05) is 18.2 Å². The van der Waals surface area contributed by atoms with Gasteiger partial charge < -0.3 is 18.8 Å². The highest BCUT2D eigenvalue weighted by Gasteiger charge is 2.53. The molecule has 0 amide bonds. The number of anilines is 3. The quantitative estimate of drug-likeness (QED) is 0.173. The number of benzene rings is 10. The van der Waals surface area contributed by atoms with Crippen molar-refractivity contribution < 1.29 is 13.9 Å². The summed E-state index contributed by atoms with van der Waals surface area (Å²) in [6.45, 7) is 0. The van der Waals surface area contributed by atoms with Crippen molar-refractivity contribution in [1.29, 1.82) is 0 Å². The van der Waals surface area contributed by atoms with Gasteiger partial charge in [0.1, 0.15) is 11.2 Å². The molecule has 0 bridgehead atoms. The summed E-state index contributed by atoms with van der Waals surface area (Å²) >= 11 is 0. The maximum atomic E-state index is 7.18. The van der Waals surface area contributed by atoms with Crippen LogP contribution >= 0.6 is 0 Å². The zero-order chi connectivity index (χ0) is 42.6. The van der Waals surface area contributed by atoms with Crippen LogP contribution in [0.3, 0.4) is 0 Å². The van der Waals surface area contributed by atoms with Crippen molar-refractivity contribution in [1.82, 2.24) is 0 Å². The summed E-state index contributed by atoms with van der Waals surface area (Å²) in [6.07, 6.45) is 0. The topological polar surface area (TPSA) is 34.8 Å². The monoisotopic (exact) mass is 831 g/mol. The molecule has 11 aromatic rings. The van der Waals surface area contributed by atoms with Gasteiger partial charge in [-0.1, -0.05) is 164 Å². The Kier molecular flexibility index (Phi) is 7.57. The number of ether oxygens (including phenoxy) is 2. The molecular formula is C61H37NO3. The van der Waals surface area contributed by atoms with Crippen molar-refractivity contribution in [3.05, 3.63) is 247 Å². The number of fused-ring (bicyclic) bond motifs is 16. The third-order valence-electron chi connectivity index (χ3n) is 13.8. The predicted molar refractivity (Wildman–Crippen MR) is 262 cm³/mol. The Morgan fingerprint density at radius 1 is 0.338 bits per heavy atom. The van der Waals surface area contributed by atoms with Crippen LogP contribution in [0.25, 0.3) is 66.4 Å². The largest absolute Gasteiger partial charge is 0.456 e. The molecule has 14 rings (SSSR count). The minimum Gasteiger partial charge on any atom is -0.456 e. The van der Waals surface area contributed by atoms with Gasteiger partial charge in [-0.05, 0) is 122 Å². The average molecular weight is 832 g/mol. The van der Waals surface area contributed by atoms with Gasteiger partial charge in [0.05, 0.1) is 11.1 Å². The Labute approximate surface area is 375 Å². The van der Waals surface area contributed by atoms with Gasteiger partial charge in [-0.15, -0.1) is 0 Å². The number of hydrogen-bond acceptors (Lipinski definition) is 4. The molecule has 0 fully saturated rings. The fourth-order valence-corrected chi connectivity index (χ4v) is 11.0. The number of para-hydroxylation sites is 2. The molecule has 1 aliphatic heterocycles. The van der Waals surface area contributed by atoms with Crippen LogP contribution in [0.4, 0.5) is 17.1 Å². The second-order valence-electron chi connectivity index (χ2n) is 17.1. The standard InChI is InChI=1S/C61H37NO3/c1-2-14-38(15-3-1)40-16-12-17-43(36-40)62(42-31-28-39(29-32-42)41-30-33-47-46-20-7-11-26-54(46)63-57(47)37-41)53-25-13-27-55-59(53)64-56-35-34-52-58(60(56)65-55)48-21-6-10-24-51(48)61(52)49-22-8-4-18-44(49)45-19-5-9-23-50(45)61/h1-37H. The first-order chi connectivity index (χ1) is 32.2. The molecule has 2 aliphatic carbocycles. The maximum absolute atomic E-state index is 7.18. The molecule has 1 spiro atoms. The number of furan rings is 1. The van der Waals surface area contributed by atoms with E-state index >= 15 is 0 Å². The molecule has 2 heterocycles. The van der Waals surface area contributed by atoms with E-state index in [0.29, 0.717) is 17.2 Å². The minimum absolute atomic E-state index is 0.482. The lowest BCUT2D eigenvalue weighted by Gasteiger charge is -2.32. The molecule has 4 heteroatoms. The average Bonchev–Trinajstić information content (AvgIpc) is 4.00. The summed E-state index contributed by atoms with van der Waals surface area (Å²) < 4.78 is 20.6. The summed E-state index contributed by atoms with van der Waals surface area (Å²) in [5, 5.41) is 2.24. The number of rotatable bonds is 5. The summed E-state index contributed by atoms with van der Waals surface area (Å²) in [5.41, 5.74) is 18.4. The lowest BCUT2D eigenvalue weighted by Crippen LogP contribution is -2.25. The van der Waals surface area contributed by atoms with Crippen LogP contribution in [0, 0.1) is 0 Å². The van der Waals surface area contributed by atoms with Crippen LogP contribution in [0.2, 0.25) is 0 Å². The SMILES string of the molecule is c1ccc(-c2cccc(N(c3ccc(-c4ccc5c(c4)oc4ccccc45)cc3)c3cccc4c3Oc3ccc5c(c3O4)-c3ccccc3C53c4ccccc4-c4ccccc43)c2)cc1. The van der Waals surface area contributed by atoms with Gasteiger partial charge in [0.25, 0.3) is 0 Å². The van der Waals surface area contributed by atoms with E-state index in [4.69, 9.17) is 13.9 Å². The third kappa shape index (κ3) is 5.13. The highest BCUT2D eigenvalue weighted by atomic mass is 16.6. The van der Waals surface area contributed by atoms with Crippen molar-refractivity contribution in [2.24, 2.45) is 0 Å². The van der Waals surface area contributed by atoms with Crippen molar-refractivity contribution in [3.63, 3.8) is 0 Å². The molecule has 0 saturated carbocycles. The van der Waals surface area contributed by atoms with Crippen molar-refractivity contribution in [2.45, 2.75) is 5.41 Å². The van der Waals surface area contributed by atoms with Crippen LogP contribution in [-0.2, 0) is 5.41 Å². The summed E-state index contributed by atoms with van der Waals surface area (Å²) in [6, 6.07) is 79.8. The van der Waals surface area contributed by atoms with E-state index in [2.05, 4.69) is 211 Å². The van der Waals surface area contributed by atoms with Crippen molar-refractivity contribution in [3.8, 4) is 67.5 Å². The molecule has 10 aromatic carbocycles. The molecule has 0 radical (unpaired) electrons. The fourth-order valence-electron chi connectivity index (χ4n) is 11.0. The number of hydrogen-bond donors (Lipinski definition) is 0. The van der Waals surface area contributed by atoms with E-state index in [1.165, 1.54) is 33.4 Å². The summed E-state index contributed by atoms with van der Waals surface area (Å²) in [5.74, 6) is 2.74. The number of nitrogens with zero attached hydrogens (tertiary/aromatic N) is 1. The molecule has 304 valence electrons. The van der Waals surface area contributed by atoms with E-state index in [1.54, 1.807) is 0 Å². The highest BCUT2D eigenvalue weighted by molar-refractivity contribution is 6.06. The minimum atomic E-state index is -0.482. The van der Waals surface area contributed by atoms with Gasteiger partial charge in [0.2, 0.25) is 0 Å². The van der Waals surface area contributed by atoms with Crippen molar-refractivity contribution in [2.75, 3.05) is 4.90 Å². The Balaban J connectivity index is 0.906. The zero-order valence-electron chi connectivity index (χ0n) is 35.0. The fraction of sp³-hybridized carbons (Fsp3) is 0.0164. The smallest absolute Gasteiger partial charge is 0.194 e. The summed E-state index contributed by atoms with van der Waals surface area (Å²) in [7, 11) is 0. The molecular weight excluding hydrogens is 795 g/mol. The molecule has 0 atom stereocenters. The Morgan fingerprint density at radius 2 is 0.923 bits per heavy atom. The molecule has 4 nitrogen and oxygen atoms in total. The van der Waals surface area contributed by atoms with Crippen LogP contribution in [0.1, 0.15) is 22.3 Å². The first-order valence-corrected chi connectivity index (χ1v) is 22.2. The van der Waals surface area contributed by atoms with Gasteiger partial charge in [0.15, 0.2) is 23.0 Å². The highest BCUT2D eigenvalue weighted by Crippen LogP contribution is 2.66. The maximum Gasteiger partial charge on any atom is 0.194 e. The molecule has 0 unspecified atom stereocenters. The van der Waals surface area contributed by atoms with E-state index in [9.17, 15) is 0 Å². The molecule has 0 saturated heterocycles. The van der Waals surface area contributed by atoms with Crippen LogP contribution < -0.4 is 14.4 Å². The van der Waals surface area contributed by atoms with Gasteiger partial charge in [-0.3, -0.25) is 0 Å². The lowest BCUT2D eigenvalue weighted by atomic mass is 9.70. The zero-order valence-corrected chi connectivity index (χ0v) is 35.0. The van der Waals surface area contributed by atoms with Gasteiger partial charge in [-0.25, -0.2) is 0 Å².